The highest BCUT2D eigenvalue weighted by Crippen LogP contribution is 2.06. The Bertz CT molecular complexity index is 464. The van der Waals surface area contributed by atoms with Crippen LogP contribution < -0.4 is 16.4 Å². The molecule has 0 aromatic carbocycles. The number of nitrogen functional groups attached to an aromatic ring is 1. The zero-order valence-electron chi connectivity index (χ0n) is 11.1. The van der Waals surface area contributed by atoms with Crippen LogP contribution in [0.15, 0.2) is 18.3 Å². The molecule has 2 rings (SSSR count). The lowest BCUT2D eigenvalue weighted by Crippen LogP contribution is -2.46. The van der Waals surface area contributed by atoms with Crippen molar-refractivity contribution in [1.82, 2.24) is 15.6 Å². The average molecular weight is 299 g/mol. The van der Waals surface area contributed by atoms with E-state index in [4.69, 9.17) is 5.73 Å². The summed E-state index contributed by atoms with van der Waals surface area (Å²) in [5.74, 6) is -0.296. The summed E-state index contributed by atoms with van der Waals surface area (Å²) in [6.07, 6.45) is 4.25. The van der Waals surface area contributed by atoms with Crippen LogP contribution in [-0.4, -0.2) is 29.4 Å². The van der Waals surface area contributed by atoms with Crippen molar-refractivity contribution >= 4 is 29.9 Å². The van der Waals surface area contributed by atoms with Crippen LogP contribution in [0.2, 0.25) is 0 Å². The standard InChI is InChI=1S/C13H18N4O2.ClH/c14-9-4-5-10(16-8-9)7-12(18)17-11-3-1-2-6-15-13(11)19;/h4-5,8,11H,1-3,6-7,14H2,(H,15,19)(H,17,18);1H. The number of hydrogen-bond donors (Lipinski definition) is 3. The minimum atomic E-state index is -0.427. The molecule has 2 heterocycles. The van der Waals surface area contributed by atoms with Gasteiger partial charge in [-0.25, -0.2) is 0 Å². The molecular formula is C13H19ClN4O2. The van der Waals surface area contributed by atoms with E-state index in [-0.39, 0.29) is 30.6 Å². The molecule has 1 aliphatic rings. The van der Waals surface area contributed by atoms with Crippen LogP contribution in [0.1, 0.15) is 25.0 Å². The molecular weight excluding hydrogens is 280 g/mol. The van der Waals surface area contributed by atoms with E-state index in [0.717, 1.165) is 12.8 Å². The fourth-order valence-electron chi connectivity index (χ4n) is 2.03. The predicted octanol–water partition coefficient (Wildman–Crippen LogP) is 0.413. The minimum Gasteiger partial charge on any atom is -0.397 e. The van der Waals surface area contributed by atoms with Gasteiger partial charge in [0.05, 0.1) is 18.3 Å². The van der Waals surface area contributed by atoms with Crippen LogP contribution in [0.5, 0.6) is 0 Å². The average Bonchev–Trinajstić information content (AvgIpc) is 2.58. The second-order valence-corrected chi connectivity index (χ2v) is 4.67. The Labute approximate surface area is 123 Å². The van der Waals surface area contributed by atoms with Crippen molar-refractivity contribution in [2.45, 2.75) is 31.7 Å². The number of anilines is 1. The molecule has 7 heteroatoms. The lowest BCUT2D eigenvalue weighted by atomic mass is 10.1. The fraction of sp³-hybridized carbons (Fsp3) is 0.462. The van der Waals surface area contributed by atoms with Gasteiger partial charge in [0.15, 0.2) is 0 Å². The number of aromatic nitrogens is 1. The molecule has 4 N–H and O–H groups in total. The van der Waals surface area contributed by atoms with Gasteiger partial charge in [0, 0.05) is 12.2 Å². The molecule has 6 nitrogen and oxygen atoms in total. The van der Waals surface area contributed by atoms with E-state index in [2.05, 4.69) is 15.6 Å². The molecule has 0 spiro atoms. The smallest absolute Gasteiger partial charge is 0.242 e. The van der Waals surface area contributed by atoms with Crippen molar-refractivity contribution in [2.24, 2.45) is 0 Å². The molecule has 0 aliphatic carbocycles. The highest BCUT2D eigenvalue weighted by molar-refractivity contribution is 5.88. The van der Waals surface area contributed by atoms with Crippen LogP contribution in [0, 0.1) is 0 Å². The zero-order chi connectivity index (χ0) is 13.7. The summed E-state index contributed by atoms with van der Waals surface area (Å²) in [5.41, 5.74) is 6.73. The van der Waals surface area contributed by atoms with Crippen molar-refractivity contribution < 1.29 is 9.59 Å². The molecule has 110 valence electrons. The number of halogens is 1. The molecule has 1 aliphatic heterocycles. The molecule has 1 unspecified atom stereocenters. The first-order valence-corrected chi connectivity index (χ1v) is 6.42. The van der Waals surface area contributed by atoms with E-state index in [1.807, 2.05) is 0 Å². The maximum Gasteiger partial charge on any atom is 0.242 e. The van der Waals surface area contributed by atoms with Gasteiger partial charge in [-0.1, -0.05) is 0 Å². The SMILES string of the molecule is Cl.Nc1ccc(CC(=O)NC2CCCCNC2=O)nc1. The number of rotatable bonds is 3. The van der Waals surface area contributed by atoms with Gasteiger partial charge in [-0.15, -0.1) is 12.4 Å². The normalized spacial score (nSPS) is 18.4. The zero-order valence-corrected chi connectivity index (χ0v) is 11.9. The molecule has 0 bridgehead atoms. The van der Waals surface area contributed by atoms with Crippen molar-refractivity contribution in [1.29, 1.82) is 0 Å². The Kier molecular flexibility index (Phi) is 6.24. The first kappa shape index (κ1) is 16.2. The second kappa shape index (κ2) is 7.69. The molecule has 1 aromatic rings. The summed E-state index contributed by atoms with van der Waals surface area (Å²) in [7, 11) is 0. The Morgan fingerprint density at radius 3 is 2.95 bits per heavy atom. The van der Waals surface area contributed by atoms with E-state index < -0.39 is 6.04 Å². The summed E-state index contributed by atoms with van der Waals surface area (Å²) in [5, 5.41) is 5.53. The third-order valence-electron chi connectivity index (χ3n) is 3.06. The number of carbonyl (C=O) groups excluding carboxylic acids is 2. The summed E-state index contributed by atoms with van der Waals surface area (Å²) in [6, 6.07) is 2.99. The van der Waals surface area contributed by atoms with E-state index in [9.17, 15) is 9.59 Å². The summed E-state index contributed by atoms with van der Waals surface area (Å²) < 4.78 is 0. The van der Waals surface area contributed by atoms with Crippen molar-refractivity contribution in [3.8, 4) is 0 Å². The first-order valence-electron chi connectivity index (χ1n) is 6.42. The van der Waals surface area contributed by atoms with Crippen molar-refractivity contribution in [2.75, 3.05) is 12.3 Å². The molecule has 0 saturated carbocycles. The first-order chi connectivity index (χ1) is 9.15. The van der Waals surface area contributed by atoms with Gasteiger partial charge in [0.1, 0.15) is 6.04 Å². The molecule has 1 aromatic heterocycles. The number of nitrogens with two attached hydrogens (primary N) is 1. The predicted molar refractivity (Wildman–Crippen MR) is 78.4 cm³/mol. The van der Waals surface area contributed by atoms with Gasteiger partial charge in [-0.3, -0.25) is 14.6 Å². The molecule has 1 saturated heterocycles. The molecule has 2 amide bonds. The summed E-state index contributed by atoms with van der Waals surface area (Å²) >= 11 is 0. The van der Waals surface area contributed by atoms with Gasteiger partial charge in [0.25, 0.3) is 0 Å². The van der Waals surface area contributed by atoms with Gasteiger partial charge in [-0.05, 0) is 31.4 Å². The Morgan fingerprint density at radius 2 is 2.25 bits per heavy atom. The minimum absolute atomic E-state index is 0. The molecule has 20 heavy (non-hydrogen) atoms. The highest BCUT2D eigenvalue weighted by atomic mass is 35.5. The summed E-state index contributed by atoms with van der Waals surface area (Å²) in [4.78, 5) is 27.6. The monoisotopic (exact) mass is 298 g/mol. The fourth-order valence-corrected chi connectivity index (χ4v) is 2.03. The van der Waals surface area contributed by atoms with Crippen molar-refractivity contribution in [3.05, 3.63) is 24.0 Å². The number of nitrogens with zero attached hydrogens (tertiary/aromatic N) is 1. The van der Waals surface area contributed by atoms with E-state index in [1.165, 1.54) is 6.20 Å². The van der Waals surface area contributed by atoms with Crippen LogP contribution in [0.3, 0.4) is 0 Å². The van der Waals surface area contributed by atoms with E-state index in [0.29, 0.717) is 24.3 Å². The van der Waals surface area contributed by atoms with Crippen molar-refractivity contribution in [3.63, 3.8) is 0 Å². The van der Waals surface area contributed by atoms with Gasteiger partial charge in [-0.2, -0.15) is 0 Å². The molecule has 1 fully saturated rings. The third-order valence-corrected chi connectivity index (χ3v) is 3.06. The number of pyridine rings is 1. The van der Waals surface area contributed by atoms with Crippen LogP contribution in [0.4, 0.5) is 5.69 Å². The Balaban J connectivity index is 0.00000200. The van der Waals surface area contributed by atoms with E-state index in [1.54, 1.807) is 12.1 Å². The third kappa shape index (κ3) is 4.70. The number of amides is 2. The topological polar surface area (TPSA) is 97.1 Å². The second-order valence-electron chi connectivity index (χ2n) is 4.67. The van der Waals surface area contributed by atoms with Crippen LogP contribution >= 0.6 is 12.4 Å². The lowest BCUT2D eigenvalue weighted by molar-refractivity contribution is -0.128. The maximum atomic E-state index is 11.9. The maximum absolute atomic E-state index is 11.9. The van der Waals surface area contributed by atoms with Crippen LogP contribution in [-0.2, 0) is 16.0 Å². The molecule has 0 radical (unpaired) electrons. The lowest BCUT2D eigenvalue weighted by Gasteiger charge is -2.14. The number of hydrogen-bond acceptors (Lipinski definition) is 4. The number of carbonyl (C=O) groups is 2. The Morgan fingerprint density at radius 1 is 1.45 bits per heavy atom. The highest BCUT2D eigenvalue weighted by Gasteiger charge is 2.22. The quantitative estimate of drug-likeness (QED) is 0.753. The summed E-state index contributed by atoms with van der Waals surface area (Å²) in [6.45, 7) is 0.685. The Hall–Kier alpha value is -1.82. The number of nitrogens with one attached hydrogen (secondary N) is 2. The van der Waals surface area contributed by atoms with Gasteiger partial charge < -0.3 is 16.4 Å². The van der Waals surface area contributed by atoms with E-state index >= 15 is 0 Å². The largest absolute Gasteiger partial charge is 0.397 e. The molecule has 1 atom stereocenters. The van der Waals surface area contributed by atoms with Gasteiger partial charge in [0.2, 0.25) is 11.8 Å². The van der Waals surface area contributed by atoms with Crippen LogP contribution in [0.25, 0.3) is 0 Å². The van der Waals surface area contributed by atoms with Gasteiger partial charge >= 0.3 is 0 Å².